The van der Waals surface area contributed by atoms with E-state index >= 15 is 0 Å². The number of furan rings is 1. The molecule has 3 aromatic carbocycles. The third-order valence-corrected chi connectivity index (χ3v) is 5.16. The molecule has 0 bridgehead atoms. The normalized spacial score (nSPS) is 11.8. The SMILES string of the molecule is C=CC(=O)Oc1ccc(-c2ccc3c(oc4c(OC(F)(F)F)c(OC(=O)C=C)ccc43)c2C(F)(F)F)cc1. The van der Waals surface area contributed by atoms with Crippen molar-refractivity contribution in [2.24, 2.45) is 0 Å². The van der Waals surface area contributed by atoms with E-state index in [0.717, 1.165) is 24.3 Å². The Morgan fingerprint density at radius 1 is 0.763 bits per heavy atom. The van der Waals surface area contributed by atoms with E-state index in [1.807, 2.05) is 0 Å². The van der Waals surface area contributed by atoms with Gasteiger partial charge in [0, 0.05) is 22.9 Å². The summed E-state index contributed by atoms with van der Waals surface area (Å²) >= 11 is 0. The van der Waals surface area contributed by atoms with Crippen LogP contribution in [-0.2, 0) is 15.8 Å². The van der Waals surface area contributed by atoms with E-state index in [1.165, 1.54) is 30.3 Å². The molecule has 0 spiro atoms. The van der Waals surface area contributed by atoms with Gasteiger partial charge in [-0.2, -0.15) is 13.2 Å². The fourth-order valence-corrected chi connectivity index (χ4v) is 3.69. The summed E-state index contributed by atoms with van der Waals surface area (Å²) in [4.78, 5) is 23.0. The van der Waals surface area contributed by atoms with Gasteiger partial charge >= 0.3 is 24.5 Å². The van der Waals surface area contributed by atoms with Crippen LogP contribution in [0.2, 0.25) is 0 Å². The number of carbonyl (C=O) groups is 2. The zero-order chi connectivity index (χ0) is 27.8. The number of hydrogen-bond acceptors (Lipinski definition) is 6. The molecule has 0 fully saturated rings. The van der Waals surface area contributed by atoms with E-state index in [-0.39, 0.29) is 27.6 Å². The van der Waals surface area contributed by atoms with Crippen molar-refractivity contribution < 1.29 is 54.6 Å². The van der Waals surface area contributed by atoms with Gasteiger partial charge in [-0.25, -0.2) is 9.59 Å². The Hall–Kier alpha value is -4.74. The number of hydrogen-bond donors (Lipinski definition) is 0. The maximum atomic E-state index is 14.3. The van der Waals surface area contributed by atoms with Crippen molar-refractivity contribution >= 4 is 33.9 Å². The Morgan fingerprint density at radius 2 is 1.34 bits per heavy atom. The van der Waals surface area contributed by atoms with Crippen molar-refractivity contribution in [2.45, 2.75) is 12.5 Å². The van der Waals surface area contributed by atoms with Gasteiger partial charge in [0.2, 0.25) is 5.75 Å². The molecule has 6 nitrogen and oxygen atoms in total. The number of ether oxygens (including phenoxy) is 3. The third-order valence-electron chi connectivity index (χ3n) is 5.16. The summed E-state index contributed by atoms with van der Waals surface area (Å²) in [5.41, 5.74) is -3.08. The molecule has 12 heteroatoms. The van der Waals surface area contributed by atoms with Gasteiger partial charge in [0.05, 0.1) is 0 Å². The zero-order valence-electron chi connectivity index (χ0n) is 18.9. The van der Waals surface area contributed by atoms with Gasteiger partial charge in [-0.15, -0.1) is 13.2 Å². The molecule has 38 heavy (non-hydrogen) atoms. The van der Waals surface area contributed by atoms with Crippen LogP contribution in [0.4, 0.5) is 26.3 Å². The second kappa shape index (κ2) is 9.61. The molecule has 0 aliphatic rings. The van der Waals surface area contributed by atoms with Crippen molar-refractivity contribution in [1.29, 1.82) is 0 Å². The van der Waals surface area contributed by atoms with Crippen LogP contribution in [0, 0.1) is 0 Å². The minimum Gasteiger partial charge on any atom is -0.451 e. The molecule has 1 heterocycles. The Morgan fingerprint density at radius 3 is 1.92 bits per heavy atom. The maximum absolute atomic E-state index is 14.3. The number of esters is 2. The largest absolute Gasteiger partial charge is 0.573 e. The van der Waals surface area contributed by atoms with Crippen molar-refractivity contribution in [2.75, 3.05) is 0 Å². The average molecular weight is 536 g/mol. The fourth-order valence-electron chi connectivity index (χ4n) is 3.69. The molecule has 0 radical (unpaired) electrons. The number of carbonyl (C=O) groups excluding carboxylic acids is 2. The Bertz CT molecular complexity index is 1580. The van der Waals surface area contributed by atoms with Crippen LogP contribution in [-0.4, -0.2) is 18.3 Å². The molecule has 4 rings (SSSR count). The van der Waals surface area contributed by atoms with Gasteiger partial charge in [0.15, 0.2) is 11.3 Å². The van der Waals surface area contributed by atoms with E-state index in [0.29, 0.717) is 6.08 Å². The molecule has 4 aromatic rings. The average Bonchev–Trinajstić information content (AvgIpc) is 3.22. The summed E-state index contributed by atoms with van der Waals surface area (Å²) in [5.74, 6) is -3.73. The highest BCUT2D eigenvalue weighted by Gasteiger charge is 2.39. The lowest BCUT2D eigenvalue weighted by Crippen LogP contribution is -2.18. The van der Waals surface area contributed by atoms with Gasteiger partial charge in [-0.05, 0) is 41.5 Å². The Labute approximate surface area is 209 Å². The first-order chi connectivity index (χ1) is 17.8. The monoisotopic (exact) mass is 536 g/mol. The highest BCUT2D eigenvalue weighted by atomic mass is 19.4. The number of rotatable bonds is 6. The molecule has 0 atom stereocenters. The third kappa shape index (κ3) is 5.19. The van der Waals surface area contributed by atoms with Crippen LogP contribution >= 0.6 is 0 Å². The summed E-state index contributed by atoms with van der Waals surface area (Å²) in [6, 6.07) is 9.48. The van der Waals surface area contributed by atoms with E-state index in [4.69, 9.17) is 13.9 Å². The minimum absolute atomic E-state index is 0.0467. The number of fused-ring (bicyclic) bond motifs is 3. The van der Waals surface area contributed by atoms with E-state index in [1.54, 1.807) is 0 Å². The molecule has 0 aliphatic heterocycles. The highest BCUT2D eigenvalue weighted by molar-refractivity contribution is 6.10. The molecular formula is C26H14F6O6. The lowest BCUT2D eigenvalue weighted by Gasteiger charge is -2.14. The van der Waals surface area contributed by atoms with Gasteiger partial charge in [-0.3, -0.25) is 0 Å². The summed E-state index contributed by atoms with van der Waals surface area (Å²) in [6.45, 7) is 6.39. The highest BCUT2D eigenvalue weighted by Crippen LogP contribution is 2.48. The van der Waals surface area contributed by atoms with Crippen molar-refractivity contribution in [3.63, 3.8) is 0 Å². The van der Waals surface area contributed by atoms with Crippen LogP contribution < -0.4 is 14.2 Å². The first kappa shape index (κ1) is 26.3. The number of alkyl halides is 6. The predicted octanol–water partition coefficient (Wildman–Crippen LogP) is 7.35. The first-order valence-corrected chi connectivity index (χ1v) is 10.5. The fraction of sp³-hybridized carbons (Fsp3) is 0.0769. The Kier molecular flexibility index (Phi) is 6.66. The minimum atomic E-state index is -5.29. The number of benzene rings is 3. The van der Waals surface area contributed by atoms with Crippen LogP contribution in [0.1, 0.15) is 5.56 Å². The summed E-state index contributed by atoms with van der Waals surface area (Å²) < 4.78 is 102. The van der Waals surface area contributed by atoms with E-state index in [9.17, 15) is 35.9 Å². The molecule has 196 valence electrons. The van der Waals surface area contributed by atoms with Gasteiger partial charge < -0.3 is 18.6 Å². The van der Waals surface area contributed by atoms with E-state index in [2.05, 4.69) is 17.9 Å². The first-order valence-electron chi connectivity index (χ1n) is 10.5. The van der Waals surface area contributed by atoms with Gasteiger partial charge in [0.1, 0.15) is 16.9 Å². The standard InChI is InChI=1S/C26H14F6O6/c1-3-19(33)35-14-7-5-13(6-8-14)15-9-10-16-17-11-12-18(36-20(34)4-2)24(38-26(30,31)32)23(17)37-22(16)21(15)25(27,28)29/h3-12H,1-2H2. The lowest BCUT2D eigenvalue weighted by molar-refractivity contribution is -0.274. The van der Waals surface area contributed by atoms with Crippen LogP contribution in [0.3, 0.4) is 0 Å². The molecule has 0 saturated carbocycles. The lowest BCUT2D eigenvalue weighted by atomic mass is 9.96. The smallest absolute Gasteiger partial charge is 0.451 e. The van der Waals surface area contributed by atoms with Crippen molar-refractivity contribution in [3.8, 4) is 28.4 Å². The topological polar surface area (TPSA) is 75.0 Å². The van der Waals surface area contributed by atoms with Crippen LogP contribution in [0.15, 0.2) is 78.3 Å². The predicted molar refractivity (Wildman–Crippen MR) is 123 cm³/mol. The second-order valence-corrected chi connectivity index (χ2v) is 7.56. The van der Waals surface area contributed by atoms with Gasteiger partial charge in [-0.1, -0.05) is 31.4 Å². The molecule has 0 saturated heterocycles. The van der Waals surface area contributed by atoms with Crippen LogP contribution in [0.5, 0.6) is 17.2 Å². The molecule has 0 aliphatic carbocycles. The summed E-state index contributed by atoms with van der Waals surface area (Å²) in [7, 11) is 0. The second-order valence-electron chi connectivity index (χ2n) is 7.56. The van der Waals surface area contributed by atoms with Crippen molar-refractivity contribution in [3.05, 3.63) is 79.4 Å². The quantitative estimate of drug-likeness (QED) is 0.111. The molecule has 0 amide bonds. The Balaban J connectivity index is 1.96. The van der Waals surface area contributed by atoms with E-state index < -0.39 is 52.7 Å². The summed E-state index contributed by atoms with van der Waals surface area (Å²) in [5, 5.41) is -0.317. The molecule has 1 aromatic heterocycles. The molecule has 0 unspecified atom stereocenters. The van der Waals surface area contributed by atoms with Crippen LogP contribution in [0.25, 0.3) is 33.1 Å². The summed E-state index contributed by atoms with van der Waals surface area (Å²) in [6.07, 6.45) is -8.72. The van der Waals surface area contributed by atoms with Gasteiger partial charge in [0.25, 0.3) is 0 Å². The maximum Gasteiger partial charge on any atom is 0.573 e. The number of halogens is 6. The molecular weight excluding hydrogens is 522 g/mol. The van der Waals surface area contributed by atoms with Crippen molar-refractivity contribution in [1.82, 2.24) is 0 Å². The molecule has 0 N–H and O–H groups in total. The zero-order valence-corrected chi connectivity index (χ0v) is 18.9.